The molecule has 0 fully saturated rings. The smallest absolute Gasteiger partial charge is 0.143 e. The number of hydrogen-bond acceptors (Lipinski definition) is 3. The van der Waals surface area contributed by atoms with Crippen LogP contribution in [0.1, 0.15) is 27.7 Å². The van der Waals surface area contributed by atoms with Gasteiger partial charge in [0.1, 0.15) is 5.75 Å². The van der Waals surface area contributed by atoms with Gasteiger partial charge in [0, 0.05) is 18.3 Å². The maximum absolute atomic E-state index is 5.78. The zero-order valence-electron chi connectivity index (χ0n) is 11.5. The number of rotatable bonds is 5. The minimum Gasteiger partial charge on any atom is -0.495 e. The topological polar surface area (TPSA) is 47.3 Å². The van der Waals surface area contributed by atoms with E-state index in [2.05, 4.69) is 33.0 Å². The van der Waals surface area contributed by atoms with Gasteiger partial charge < -0.3 is 15.8 Å². The molecule has 0 aliphatic carbocycles. The Labute approximate surface area is 104 Å². The van der Waals surface area contributed by atoms with Gasteiger partial charge >= 0.3 is 0 Å². The summed E-state index contributed by atoms with van der Waals surface area (Å²) in [6.45, 7) is 9.94. The SMILES string of the molecule is COc1cc(NCC(C)(C)C(C)C)ccc1N. The molecule has 1 aromatic carbocycles. The molecule has 3 heteroatoms. The highest BCUT2D eigenvalue weighted by Gasteiger charge is 2.21. The third-order valence-electron chi connectivity index (χ3n) is 3.54. The van der Waals surface area contributed by atoms with E-state index in [9.17, 15) is 0 Å². The minimum absolute atomic E-state index is 0.259. The summed E-state index contributed by atoms with van der Waals surface area (Å²) in [7, 11) is 1.63. The van der Waals surface area contributed by atoms with Crippen molar-refractivity contribution in [3.05, 3.63) is 18.2 Å². The third-order valence-corrected chi connectivity index (χ3v) is 3.54. The highest BCUT2D eigenvalue weighted by Crippen LogP contribution is 2.29. The van der Waals surface area contributed by atoms with Gasteiger partial charge in [0.25, 0.3) is 0 Å². The number of nitrogens with one attached hydrogen (secondary N) is 1. The molecule has 96 valence electrons. The molecule has 0 amide bonds. The molecule has 0 aliphatic rings. The van der Waals surface area contributed by atoms with Crippen LogP contribution in [0.15, 0.2) is 18.2 Å². The van der Waals surface area contributed by atoms with E-state index in [-0.39, 0.29) is 5.41 Å². The first-order valence-electron chi connectivity index (χ1n) is 6.04. The molecule has 0 saturated carbocycles. The van der Waals surface area contributed by atoms with Gasteiger partial charge in [-0.3, -0.25) is 0 Å². The molecule has 0 aromatic heterocycles. The van der Waals surface area contributed by atoms with Crippen LogP contribution in [-0.4, -0.2) is 13.7 Å². The lowest BCUT2D eigenvalue weighted by Gasteiger charge is -2.30. The van der Waals surface area contributed by atoms with Crippen LogP contribution in [0.2, 0.25) is 0 Å². The Morgan fingerprint density at radius 3 is 2.53 bits per heavy atom. The number of benzene rings is 1. The fourth-order valence-corrected chi connectivity index (χ4v) is 1.36. The Balaban J connectivity index is 2.70. The summed E-state index contributed by atoms with van der Waals surface area (Å²) in [4.78, 5) is 0. The zero-order valence-corrected chi connectivity index (χ0v) is 11.5. The number of nitrogens with two attached hydrogens (primary N) is 1. The Bertz CT molecular complexity index is 372. The van der Waals surface area contributed by atoms with E-state index in [1.165, 1.54) is 0 Å². The fraction of sp³-hybridized carbons (Fsp3) is 0.571. The number of hydrogen-bond donors (Lipinski definition) is 2. The Morgan fingerprint density at radius 2 is 2.00 bits per heavy atom. The molecule has 0 unspecified atom stereocenters. The summed E-state index contributed by atoms with van der Waals surface area (Å²) in [5, 5.41) is 3.43. The van der Waals surface area contributed by atoms with E-state index in [1.54, 1.807) is 7.11 Å². The molecule has 3 N–H and O–H groups in total. The van der Waals surface area contributed by atoms with Crippen LogP contribution in [0.5, 0.6) is 5.75 Å². The quantitative estimate of drug-likeness (QED) is 0.770. The third kappa shape index (κ3) is 3.55. The van der Waals surface area contributed by atoms with Crippen LogP contribution in [0.3, 0.4) is 0 Å². The number of nitrogen functional groups attached to an aromatic ring is 1. The molecule has 0 spiro atoms. The molecule has 0 bridgehead atoms. The summed E-state index contributed by atoms with van der Waals surface area (Å²) >= 11 is 0. The second kappa shape index (κ2) is 5.30. The first-order chi connectivity index (χ1) is 7.86. The maximum atomic E-state index is 5.78. The number of anilines is 2. The number of ether oxygens (including phenoxy) is 1. The highest BCUT2D eigenvalue weighted by atomic mass is 16.5. The van der Waals surface area contributed by atoms with Crippen molar-refractivity contribution in [2.45, 2.75) is 27.7 Å². The van der Waals surface area contributed by atoms with Crippen molar-refractivity contribution in [1.82, 2.24) is 0 Å². The van der Waals surface area contributed by atoms with Crippen LogP contribution >= 0.6 is 0 Å². The summed E-state index contributed by atoms with van der Waals surface area (Å²) in [6, 6.07) is 5.78. The van der Waals surface area contributed by atoms with E-state index in [0.29, 0.717) is 11.6 Å². The van der Waals surface area contributed by atoms with Crippen molar-refractivity contribution < 1.29 is 4.74 Å². The summed E-state index contributed by atoms with van der Waals surface area (Å²) in [5.74, 6) is 1.35. The van der Waals surface area contributed by atoms with Gasteiger partial charge in [0.2, 0.25) is 0 Å². The lowest BCUT2D eigenvalue weighted by molar-refractivity contribution is 0.269. The molecule has 1 rings (SSSR count). The van der Waals surface area contributed by atoms with Gasteiger partial charge in [-0.2, -0.15) is 0 Å². The molecule has 0 radical (unpaired) electrons. The molecule has 0 aliphatic heterocycles. The minimum atomic E-state index is 0.259. The predicted octanol–water partition coefficient (Wildman–Crippen LogP) is 3.37. The first kappa shape index (κ1) is 13.7. The van der Waals surface area contributed by atoms with E-state index in [1.807, 2.05) is 18.2 Å². The van der Waals surface area contributed by atoms with Gasteiger partial charge in [-0.05, 0) is 23.5 Å². The van der Waals surface area contributed by atoms with Gasteiger partial charge in [-0.25, -0.2) is 0 Å². The van der Waals surface area contributed by atoms with Crippen LogP contribution in [0, 0.1) is 11.3 Å². The average molecular weight is 236 g/mol. The van der Waals surface area contributed by atoms with Gasteiger partial charge in [-0.15, -0.1) is 0 Å². The van der Waals surface area contributed by atoms with Gasteiger partial charge in [0.15, 0.2) is 0 Å². The fourth-order valence-electron chi connectivity index (χ4n) is 1.36. The van der Waals surface area contributed by atoms with Crippen LogP contribution in [0.4, 0.5) is 11.4 Å². The van der Waals surface area contributed by atoms with Crippen LogP contribution in [0.25, 0.3) is 0 Å². The van der Waals surface area contributed by atoms with E-state index >= 15 is 0 Å². The molecule has 0 saturated heterocycles. The Morgan fingerprint density at radius 1 is 1.35 bits per heavy atom. The average Bonchev–Trinajstić information content (AvgIpc) is 2.28. The largest absolute Gasteiger partial charge is 0.495 e. The van der Waals surface area contributed by atoms with Gasteiger partial charge in [-0.1, -0.05) is 27.7 Å². The molecular weight excluding hydrogens is 212 g/mol. The van der Waals surface area contributed by atoms with Crippen LogP contribution in [-0.2, 0) is 0 Å². The second-order valence-electron chi connectivity index (χ2n) is 5.45. The van der Waals surface area contributed by atoms with Crippen molar-refractivity contribution >= 4 is 11.4 Å². The Kier molecular flexibility index (Phi) is 4.27. The summed E-state index contributed by atoms with van der Waals surface area (Å²) < 4.78 is 5.20. The zero-order chi connectivity index (χ0) is 13.1. The van der Waals surface area contributed by atoms with Crippen molar-refractivity contribution in [3.63, 3.8) is 0 Å². The van der Waals surface area contributed by atoms with Crippen molar-refractivity contribution in [2.75, 3.05) is 24.7 Å². The number of methoxy groups -OCH3 is 1. The molecule has 0 atom stereocenters. The molecule has 0 heterocycles. The lowest BCUT2D eigenvalue weighted by Crippen LogP contribution is -2.28. The van der Waals surface area contributed by atoms with E-state index in [4.69, 9.17) is 10.5 Å². The highest BCUT2D eigenvalue weighted by molar-refractivity contribution is 5.61. The summed E-state index contributed by atoms with van der Waals surface area (Å²) in [6.07, 6.45) is 0. The molecule has 1 aromatic rings. The van der Waals surface area contributed by atoms with E-state index in [0.717, 1.165) is 18.0 Å². The predicted molar refractivity (Wildman–Crippen MR) is 74.5 cm³/mol. The molecular formula is C14H24N2O. The molecule has 17 heavy (non-hydrogen) atoms. The van der Waals surface area contributed by atoms with Crippen molar-refractivity contribution in [1.29, 1.82) is 0 Å². The normalized spacial score (nSPS) is 11.6. The van der Waals surface area contributed by atoms with Crippen LogP contribution < -0.4 is 15.8 Å². The van der Waals surface area contributed by atoms with E-state index < -0.39 is 0 Å². The lowest BCUT2D eigenvalue weighted by atomic mass is 9.81. The van der Waals surface area contributed by atoms with Crippen molar-refractivity contribution in [2.24, 2.45) is 11.3 Å². The second-order valence-corrected chi connectivity index (χ2v) is 5.45. The maximum Gasteiger partial charge on any atom is 0.143 e. The van der Waals surface area contributed by atoms with Gasteiger partial charge in [0.05, 0.1) is 12.8 Å². The Hall–Kier alpha value is -1.38. The van der Waals surface area contributed by atoms with Crippen molar-refractivity contribution in [3.8, 4) is 5.75 Å². The standard InChI is InChI=1S/C14H24N2O/c1-10(2)14(3,4)9-16-11-6-7-12(15)13(8-11)17-5/h6-8,10,16H,9,15H2,1-5H3. The monoisotopic (exact) mass is 236 g/mol. The summed E-state index contributed by atoms with van der Waals surface area (Å²) in [5.41, 5.74) is 7.75. The molecule has 3 nitrogen and oxygen atoms in total. The first-order valence-corrected chi connectivity index (χ1v) is 6.04.